The fourth-order valence-corrected chi connectivity index (χ4v) is 3.16. The molecule has 0 fully saturated rings. The molecule has 3 rings (SSSR count). The van der Waals surface area contributed by atoms with Gasteiger partial charge in [-0.2, -0.15) is 0 Å². The molecule has 0 aliphatic carbocycles. The van der Waals surface area contributed by atoms with Crippen LogP contribution in [0.1, 0.15) is 31.7 Å². The molecule has 0 saturated carbocycles. The van der Waals surface area contributed by atoms with E-state index in [0.717, 1.165) is 17.5 Å². The molecule has 0 aliphatic rings. The fraction of sp³-hybridized carbons (Fsp3) is 0.267. The molecular formula is C15H15N3OS. The summed E-state index contributed by atoms with van der Waals surface area (Å²) in [6, 6.07) is 5.57. The van der Waals surface area contributed by atoms with Gasteiger partial charge >= 0.3 is 0 Å². The zero-order valence-corrected chi connectivity index (χ0v) is 12.2. The van der Waals surface area contributed by atoms with Crippen LogP contribution in [0.2, 0.25) is 0 Å². The van der Waals surface area contributed by atoms with E-state index in [1.54, 1.807) is 6.20 Å². The van der Waals surface area contributed by atoms with Crippen molar-refractivity contribution in [1.29, 1.82) is 0 Å². The second-order valence-corrected chi connectivity index (χ2v) is 5.69. The maximum Gasteiger partial charge on any atom is 0.269 e. The van der Waals surface area contributed by atoms with Gasteiger partial charge in [0.15, 0.2) is 5.82 Å². The molecule has 102 valence electrons. The largest absolute Gasteiger partial charge is 0.304 e. The zero-order valence-electron chi connectivity index (χ0n) is 11.4. The Morgan fingerprint density at radius 2 is 2.25 bits per heavy atom. The Hall–Kier alpha value is -2.01. The Labute approximate surface area is 120 Å². The molecule has 3 aromatic heterocycles. The number of nitrogens with zero attached hydrogens (tertiary/aromatic N) is 2. The summed E-state index contributed by atoms with van der Waals surface area (Å²) in [5.41, 5.74) is 2.56. The van der Waals surface area contributed by atoms with Gasteiger partial charge in [-0.3, -0.25) is 9.78 Å². The van der Waals surface area contributed by atoms with Crippen molar-refractivity contribution in [3.63, 3.8) is 0 Å². The van der Waals surface area contributed by atoms with Gasteiger partial charge in [-0.25, -0.2) is 4.98 Å². The van der Waals surface area contributed by atoms with E-state index in [1.165, 1.54) is 11.3 Å². The highest BCUT2D eigenvalue weighted by atomic mass is 32.1. The average molecular weight is 285 g/mol. The summed E-state index contributed by atoms with van der Waals surface area (Å²) in [7, 11) is 0. The number of fused-ring (bicyclic) bond motifs is 1. The van der Waals surface area contributed by atoms with Gasteiger partial charge in [0.25, 0.3) is 5.56 Å². The molecule has 0 saturated heterocycles. The average Bonchev–Trinajstić information content (AvgIpc) is 2.92. The maximum atomic E-state index is 12.2. The fourth-order valence-electron chi connectivity index (χ4n) is 2.14. The van der Waals surface area contributed by atoms with Crippen LogP contribution in [0.5, 0.6) is 0 Å². The summed E-state index contributed by atoms with van der Waals surface area (Å²) in [5, 5.41) is 2.04. The molecule has 0 spiro atoms. The first kappa shape index (κ1) is 13.0. The van der Waals surface area contributed by atoms with E-state index in [4.69, 9.17) is 0 Å². The Morgan fingerprint density at radius 3 is 2.95 bits per heavy atom. The van der Waals surface area contributed by atoms with Gasteiger partial charge in [-0.15, -0.1) is 11.3 Å². The topological polar surface area (TPSA) is 58.6 Å². The minimum atomic E-state index is -0.0878. The summed E-state index contributed by atoms with van der Waals surface area (Å²) in [6.07, 6.45) is 2.72. The molecule has 5 heteroatoms. The number of aromatic nitrogens is 3. The standard InChI is InChI=1S/C15H15N3OS/c1-3-9(2)10-8-20-13-12(10)17-14(18-15(13)19)11-6-4-5-7-16-11/h4-9H,3H2,1-2H3,(H,17,18,19). The van der Waals surface area contributed by atoms with Crippen LogP contribution in [0.4, 0.5) is 0 Å². The molecule has 4 nitrogen and oxygen atoms in total. The van der Waals surface area contributed by atoms with Crippen molar-refractivity contribution in [2.24, 2.45) is 0 Å². The van der Waals surface area contributed by atoms with Gasteiger partial charge < -0.3 is 4.98 Å². The van der Waals surface area contributed by atoms with E-state index in [1.807, 2.05) is 23.6 Å². The molecule has 0 bridgehead atoms. The molecular weight excluding hydrogens is 270 g/mol. The molecule has 0 aliphatic heterocycles. The molecule has 1 unspecified atom stereocenters. The van der Waals surface area contributed by atoms with Crippen molar-refractivity contribution < 1.29 is 0 Å². The minimum absolute atomic E-state index is 0.0878. The number of rotatable bonds is 3. The summed E-state index contributed by atoms with van der Waals surface area (Å²) in [6.45, 7) is 4.30. The maximum absolute atomic E-state index is 12.2. The number of nitrogens with one attached hydrogen (secondary N) is 1. The smallest absolute Gasteiger partial charge is 0.269 e. The van der Waals surface area contributed by atoms with E-state index in [2.05, 4.69) is 28.8 Å². The summed E-state index contributed by atoms with van der Waals surface area (Å²) < 4.78 is 0.694. The second-order valence-electron chi connectivity index (χ2n) is 4.81. The number of aromatic amines is 1. The third-order valence-electron chi connectivity index (χ3n) is 3.50. The van der Waals surface area contributed by atoms with E-state index >= 15 is 0 Å². The van der Waals surface area contributed by atoms with E-state index in [0.29, 0.717) is 22.1 Å². The Kier molecular flexibility index (Phi) is 3.36. The monoisotopic (exact) mass is 285 g/mol. The first-order valence-electron chi connectivity index (χ1n) is 6.63. The highest BCUT2D eigenvalue weighted by Gasteiger charge is 2.15. The predicted molar refractivity (Wildman–Crippen MR) is 82.2 cm³/mol. The molecule has 3 aromatic rings. The first-order valence-corrected chi connectivity index (χ1v) is 7.51. The Morgan fingerprint density at radius 1 is 1.40 bits per heavy atom. The number of hydrogen-bond acceptors (Lipinski definition) is 4. The van der Waals surface area contributed by atoms with Crippen LogP contribution >= 0.6 is 11.3 Å². The van der Waals surface area contributed by atoms with Crippen LogP contribution in [-0.4, -0.2) is 15.0 Å². The highest BCUT2D eigenvalue weighted by molar-refractivity contribution is 7.17. The SMILES string of the molecule is CCC(C)c1csc2c(=O)[nH]c(-c3ccccn3)nc12. The van der Waals surface area contributed by atoms with Crippen molar-refractivity contribution in [1.82, 2.24) is 15.0 Å². The van der Waals surface area contributed by atoms with Crippen molar-refractivity contribution in [2.45, 2.75) is 26.2 Å². The second kappa shape index (κ2) is 5.17. The number of H-pyrrole nitrogens is 1. The number of thiophene rings is 1. The van der Waals surface area contributed by atoms with Gasteiger partial charge in [0.05, 0.1) is 5.52 Å². The van der Waals surface area contributed by atoms with Crippen LogP contribution in [0.15, 0.2) is 34.6 Å². The molecule has 0 radical (unpaired) electrons. The van der Waals surface area contributed by atoms with E-state index in [-0.39, 0.29) is 5.56 Å². The lowest BCUT2D eigenvalue weighted by Gasteiger charge is -2.07. The van der Waals surface area contributed by atoms with Gasteiger partial charge in [-0.05, 0) is 35.4 Å². The van der Waals surface area contributed by atoms with Gasteiger partial charge in [0.2, 0.25) is 0 Å². The predicted octanol–water partition coefficient (Wildman–Crippen LogP) is 3.56. The van der Waals surface area contributed by atoms with Crippen LogP contribution in [0.3, 0.4) is 0 Å². The van der Waals surface area contributed by atoms with Crippen LogP contribution in [0, 0.1) is 0 Å². The quantitative estimate of drug-likeness (QED) is 0.800. The molecule has 1 atom stereocenters. The summed E-state index contributed by atoms with van der Waals surface area (Å²) in [4.78, 5) is 23.9. The van der Waals surface area contributed by atoms with Crippen molar-refractivity contribution in [3.8, 4) is 11.5 Å². The van der Waals surface area contributed by atoms with E-state index < -0.39 is 0 Å². The number of pyridine rings is 1. The number of hydrogen-bond donors (Lipinski definition) is 1. The zero-order chi connectivity index (χ0) is 14.1. The highest BCUT2D eigenvalue weighted by Crippen LogP contribution is 2.30. The first-order chi connectivity index (χ1) is 9.70. The lowest BCUT2D eigenvalue weighted by atomic mass is 10.0. The van der Waals surface area contributed by atoms with Crippen molar-refractivity contribution in [3.05, 3.63) is 45.7 Å². The lowest BCUT2D eigenvalue weighted by Crippen LogP contribution is -2.09. The van der Waals surface area contributed by atoms with Gasteiger partial charge in [0.1, 0.15) is 10.4 Å². The third-order valence-corrected chi connectivity index (χ3v) is 4.49. The van der Waals surface area contributed by atoms with E-state index in [9.17, 15) is 4.79 Å². The van der Waals surface area contributed by atoms with Gasteiger partial charge in [0, 0.05) is 6.20 Å². The molecule has 3 heterocycles. The van der Waals surface area contributed by atoms with Crippen LogP contribution in [-0.2, 0) is 0 Å². The molecule has 1 N–H and O–H groups in total. The molecule has 0 amide bonds. The summed E-state index contributed by atoms with van der Waals surface area (Å²) >= 11 is 1.46. The van der Waals surface area contributed by atoms with Crippen LogP contribution in [0.25, 0.3) is 21.7 Å². The third kappa shape index (κ3) is 2.14. The van der Waals surface area contributed by atoms with Crippen molar-refractivity contribution >= 4 is 21.6 Å². The Bertz CT molecular complexity index is 792. The van der Waals surface area contributed by atoms with Crippen LogP contribution < -0.4 is 5.56 Å². The minimum Gasteiger partial charge on any atom is -0.304 e. The normalized spacial score (nSPS) is 12.7. The van der Waals surface area contributed by atoms with Gasteiger partial charge in [-0.1, -0.05) is 19.9 Å². The molecule has 20 heavy (non-hydrogen) atoms. The summed E-state index contributed by atoms with van der Waals surface area (Å²) in [5.74, 6) is 0.931. The van der Waals surface area contributed by atoms with Crippen molar-refractivity contribution in [2.75, 3.05) is 0 Å². The lowest BCUT2D eigenvalue weighted by molar-refractivity contribution is 0.740. The molecule has 0 aromatic carbocycles. The Balaban J connectivity index is 2.24.